The summed E-state index contributed by atoms with van der Waals surface area (Å²) in [7, 11) is 0. The number of nitrogens with zero attached hydrogens (tertiary/aromatic N) is 5. The first-order valence-corrected chi connectivity index (χ1v) is 10.0. The number of hydrogen-bond donors (Lipinski definition) is 1. The van der Waals surface area contributed by atoms with Crippen molar-refractivity contribution in [1.82, 2.24) is 29.5 Å². The van der Waals surface area contributed by atoms with Crippen LogP contribution in [0.2, 0.25) is 0 Å². The van der Waals surface area contributed by atoms with Gasteiger partial charge in [0, 0.05) is 76.6 Å². The van der Waals surface area contributed by atoms with E-state index in [-0.39, 0.29) is 0 Å². The quantitative estimate of drug-likeness (QED) is 0.435. The van der Waals surface area contributed by atoms with Crippen molar-refractivity contribution in [3.05, 3.63) is 91.5 Å². The third-order valence-electron chi connectivity index (χ3n) is 5.69. The minimum absolute atomic E-state index is 0.862. The smallest absolute Gasteiger partial charge is 0.137 e. The zero-order valence-corrected chi connectivity index (χ0v) is 16.8. The maximum atomic E-state index is 4.65. The van der Waals surface area contributed by atoms with Gasteiger partial charge in [0.2, 0.25) is 0 Å². The standard InChI is InChI=1S/C25H18N6/c1-16-4-7-27-13-21(16)19-9-20-22(14-29-25(20)28-12-19)17-5-8-31-24(10-17)23(15-30-31)18-3-2-6-26-11-18/h2-15H,1H3,(H,28,29). The van der Waals surface area contributed by atoms with E-state index in [1.165, 1.54) is 5.56 Å². The molecule has 0 aromatic carbocycles. The van der Waals surface area contributed by atoms with Gasteiger partial charge in [0.25, 0.3) is 0 Å². The number of hydrogen-bond acceptors (Lipinski definition) is 4. The molecular formula is C25H18N6. The second-order valence-corrected chi connectivity index (χ2v) is 7.56. The first-order chi connectivity index (χ1) is 15.3. The van der Waals surface area contributed by atoms with E-state index < -0.39 is 0 Å². The van der Waals surface area contributed by atoms with Crippen LogP contribution in [-0.2, 0) is 0 Å². The third-order valence-corrected chi connectivity index (χ3v) is 5.69. The Morgan fingerprint density at radius 2 is 1.74 bits per heavy atom. The molecule has 6 heteroatoms. The Hall–Kier alpha value is -4.32. The maximum Gasteiger partial charge on any atom is 0.137 e. The summed E-state index contributed by atoms with van der Waals surface area (Å²) >= 11 is 0. The fourth-order valence-electron chi connectivity index (χ4n) is 4.05. The molecule has 0 saturated heterocycles. The van der Waals surface area contributed by atoms with Gasteiger partial charge in [-0.3, -0.25) is 9.97 Å². The van der Waals surface area contributed by atoms with Crippen LogP contribution >= 0.6 is 0 Å². The van der Waals surface area contributed by atoms with E-state index in [4.69, 9.17) is 0 Å². The average Bonchev–Trinajstić information content (AvgIpc) is 3.43. The molecule has 0 aliphatic carbocycles. The molecule has 31 heavy (non-hydrogen) atoms. The molecule has 1 N–H and O–H groups in total. The summed E-state index contributed by atoms with van der Waals surface area (Å²) in [6.07, 6.45) is 15.1. The van der Waals surface area contributed by atoms with Gasteiger partial charge < -0.3 is 4.98 Å². The van der Waals surface area contributed by atoms with Crippen LogP contribution < -0.4 is 0 Å². The number of aryl methyl sites for hydroxylation is 1. The lowest BCUT2D eigenvalue weighted by Crippen LogP contribution is -1.89. The van der Waals surface area contributed by atoms with Gasteiger partial charge in [-0.2, -0.15) is 5.10 Å². The number of rotatable bonds is 3. The van der Waals surface area contributed by atoms with Gasteiger partial charge in [-0.25, -0.2) is 9.50 Å². The Morgan fingerprint density at radius 1 is 0.806 bits per heavy atom. The third kappa shape index (κ3) is 2.88. The molecule has 6 nitrogen and oxygen atoms in total. The largest absolute Gasteiger partial charge is 0.346 e. The molecule has 6 aromatic rings. The Labute approximate surface area is 178 Å². The van der Waals surface area contributed by atoms with Crippen LogP contribution in [0.1, 0.15) is 5.56 Å². The molecule has 0 radical (unpaired) electrons. The Balaban J connectivity index is 1.52. The molecule has 6 aromatic heterocycles. The second kappa shape index (κ2) is 6.88. The fourth-order valence-corrected chi connectivity index (χ4v) is 4.05. The maximum absolute atomic E-state index is 4.65. The molecule has 0 atom stereocenters. The molecule has 148 valence electrons. The summed E-state index contributed by atoms with van der Waals surface area (Å²) in [5.41, 5.74) is 9.53. The molecule has 0 saturated carbocycles. The van der Waals surface area contributed by atoms with Crippen molar-refractivity contribution in [3.8, 4) is 33.4 Å². The van der Waals surface area contributed by atoms with Crippen LogP contribution in [0.15, 0.2) is 86.0 Å². The van der Waals surface area contributed by atoms with Gasteiger partial charge in [-0.1, -0.05) is 6.07 Å². The fraction of sp³-hybridized carbons (Fsp3) is 0.0400. The highest BCUT2D eigenvalue weighted by molar-refractivity contribution is 5.97. The molecule has 0 amide bonds. The van der Waals surface area contributed by atoms with Gasteiger partial charge in [0.05, 0.1) is 11.7 Å². The Bertz CT molecular complexity index is 1550. The molecule has 0 aliphatic rings. The van der Waals surface area contributed by atoms with Gasteiger partial charge in [0.1, 0.15) is 5.65 Å². The van der Waals surface area contributed by atoms with Crippen LogP contribution in [0, 0.1) is 6.92 Å². The normalized spacial score (nSPS) is 11.4. The summed E-state index contributed by atoms with van der Waals surface area (Å²) in [6.45, 7) is 2.09. The molecule has 0 spiro atoms. The number of fused-ring (bicyclic) bond motifs is 2. The SMILES string of the molecule is Cc1ccncc1-c1cnc2[nH]cc(-c3ccn4ncc(-c5cccnc5)c4c3)c2c1. The van der Waals surface area contributed by atoms with Crippen molar-refractivity contribution in [1.29, 1.82) is 0 Å². The van der Waals surface area contributed by atoms with Crippen LogP contribution in [0.5, 0.6) is 0 Å². The van der Waals surface area contributed by atoms with Crippen molar-refractivity contribution in [2.45, 2.75) is 6.92 Å². The van der Waals surface area contributed by atoms with Crippen LogP contribution in [0.25, 0.3) is 49.9 Å². The van der Waals surface area contributed by atoms with Gasteiger partial charge in [-0.05, 0) is 48.4 Å². The molecular weight excluding hydrogens is 384 g/mol. The minimum Gasteiger partial charge on any atom is -0.346 e. The summed E-state index contributed by atoms with van der Waals surface area (Å²) < 4.78 is 1.89. The average molecular weight is 402 g/mol. The minimum atomic E-state index is 0.862. The highest BCUT2D eigenvalue weighted by atomic mass is 15.2. The van der Waals surface area contributed by atoms with Crippen LogP contribution in [0.4, 0.5) is 0 Å². The second-order valence-electron chi connectivity index (χ2n) is 7.56. The van der Waals surface area contributed by atoms with Crippen LogP contribution in [0.3, 0.4) is 0 Å². The molecule has 6 rings (SSSR count). The lowest BCUT2D eigenvalue weighted by molar-refractivity contribution is 0.962. The van der Waals surface area contributed by atoms with Crippen molar-refractivity contribution in [3.63, 3.8) is 0 Å². The predicted molar refractivity (Wildman–Crippen MR) is 121 cm³/mol. The molecule has 0 fully saturated rings. The lowest BCUT2D eigenvalue weighted by Gasteiger charge is -2.06. The van der Waals surface area contributed by atoms with E-state index in [2.05, 4.69) is 56.2 Å². The van der Waals surface area contributed by atoms with E-state index in [0.29, 0.717) is 0 Å². The highest BCUT2D eigenvalue weighted by Gasteiger charge is 2.13. The van der Waals surface area contributed by atoms with Crippen LogP contribution in [-0.4, -0.2) is 29.5 Å². The van der Waals surface area contributed by atoms with Crippen molar-refractivity contribution in [2.24, 2.45) is 0 Å². The first-order valence-electron chi connectivity index (χ1n) is 10.0. The summed E-state index contributed by atoms with van der Waals surface area (Å²) in [4.78, 5) is 16.5. The Morgan fingerprint density at radius 3 is 2.61 bits per heavy atom. The van der Waals surface area contributed by atoms with Crippen molar-refractivity contribution < 1.29 is 0 Å². The number of aromatic nitrogens is 6. The van der Waals surface area contributed by atoms with Crippen molar-refractivity contribution >= 4 is 16.6 Å². The monoisotopic (exact) mass is 402 g/mol. The number of nitrogens with one attached hydrogen (secondary N) is 1. The zero-order valence-electron chi connectivity index (χ0n) is 16.8. The molecule has 6 heterocycles. The molecule has 0 aliphatic heterocycles. The van der Waals surface area contributed by atoms with E-state index in [1.807, 2.05) is 60.0 Å². The Kier molecular flexibility index (Phi) is 3.89. The molecule has 0 bridgehead atoms. The van der Waals surface area contributed by atoms with E-state index in [0.717, 1.165) is 49.9 Å². The predicted octanol–water partition coefficient (Wildman–Crippen LogP) is 5.31. The van der Waals surface area contributed by atoms with Gasteiger partial charge in [0.15, 0.2) is 0 Å². The van der Waals surface area contributed by atoms with E-state index in [1.54, 1.807) is 6.20 Å². The summed E-state index contributed by atoms with van der Waals surface area (Å²) in [5.74, 6) is 0. The number of pyridine rings is 4. The van der Waals surface area contributed by atoms with Gasteiger partial charge >= 0.3 is 0 Å². The molecule has 0 unspecified atom stereocenters. The topological polar surface area (TPSA) is 71.8 Å². The number of H-pyrrole nitrogens is 1. The summed E-state index contributed by atoms with van der Waals surface area (Å²) in [5, 5.41) is 5.58. The van der Waals surface area contributed by atoms with E-state index in [9.17, 15) is 0 Å². The summed E-state index contributed by atoms with van der Waals surface area (Å²) in [6, 6.07) is 12.4. The first kappa shape index (κ1) is 17.5. The zero-order chi connectivity index (χ0) is 20.8. The van der Waals surface area contributed by atoms with Gasteiger partial charge in [-0.15, -0.1) is 0 Å². The van der Waals surface area contributed by atoms with Crippen molar-refractivity contribution in [2.75, 3.05) is 0 Å². The number of aromatic amines is 1. The van der Waals surface area contributed by atoms with E-state index >= 15 is 0 Å². The highest BCUT2D eigenvalue weighted by Crippen LogP contribution is 2.33. The lowest BCUT2D eigenvalue weighted by atomic mass is 10.0.